The van der Waals surface area contributed by atoms with Crippen LogP contribution in [-0.4, -0.2) is 12.2 Å². The van der Waals surface area contributed by atoms with E-state index in [9.17, 15) is 4.79 Å². The number of hydrogen-bond acceptors (Lipinski definition) is 1. The van der Waals surface area contributed by atoms with E-state index in [2.05, 4.69) is 6.92 Å². The molecule has 0 aromatic rings. The van der Waals surface area contributed by atoms with E-state index in [0.717, 1.165) is 31.5 Å². The van der Waals surface area contributed by atoms with Gasteiger partial charge in [0.05, 0.1) is 0 Å². The first-order valence-electron chi connectivity index (χ1n) is 5.28. The van der Waals surface area contributed by atoms with Crippen molar-refractivity contribution in [1.82, 2.24) is 0 Å². The average Bonchev–Trinajstić information content (AvgIpc) is 2.19. The van der Waals surface area contributed by atoms with Crippen molar-refractivity contribution in [3.05, 3.63) is 0 Å². The quantitative estimate of drug-likeness (QED) is 0.505. The molecule has 2 unspecified atom stereocenters. The minimum atomic E-state index is -0.0688. The maximum absolute atomic E-state index is 11.1. The Morgan fingerprint density at radius 2 is 2.38 bits per heavy atom. The van der Waals surface area contributed by atoms with Gasteiger partial charge in [-0.25, -0.2) is 0 Å². The van der Waals surface area contributed by atoms with Gasteiger partial charge in [0, 0.05) is 11.3 Å². The zero-order valence-electron chi connectivity index (χ0n) is 8.39. The van der Waals surface area contributed by atoms with Crippen LogP contribution >= 0.6 is 11.6 Å². The normalized spacial score (nSPS) is 34.5. The molecule has 0 bridgehead atoms. The summed E-state index contributed by atoms with van der Waals surface area (Å²) in [6.07, 6.45) is 7.87. The molecule has 13 heavy (non-hydrogen) atoms. The first-order chi connectivity index (χ1) is 6.26. The topological polar surface area (TPSA) is 17.1 Å². The summed E-state index contributed by atoms with van der Waals surface area (Å²) in [6.45, 7) is 2.21. The largest absolute Gasteiger partial charge is 0.303 e. The van der Waals surface area contributed by atoms with Crippen LogP contribution in [0.15, 0.2) is 0 Å². The molecular weight excluding hydrogens is 184 g/mol. The van der Waals surface area contributed by atoms with Gasteiger partial charge in [0.25, 0.3) is 0 Å². The molecule has 0 heterocycles. The van der Waals surface area contributed by atoms with Gasteiger partial charge in [-0.15, -0.1) is 11.6 Å². The lowest BCUT2D eigenvalue weighted by Gasteiger charge is -2.36. The monoisotopic (exact) mass is 202 g/mol. The second-order valence-electron chi connectivity index (χ2n) is 4.29. The Kier molecular flexibility index (Phi) is 4.24. The summed E-state index contributed by atoms with van der Waals surface area (Å²) in [5.41, 5.74) is -0.0688. The Hall–Kier alpha value is -0.0400. The fraction of sp³-hybridized carbons (Fsp3) is 0.909. The average molecular weight is 203 g/mol. The maximum Gasteiger partial charge on any atom is 0.126 e. The third-order valence-electron chi connectivity index (χ3n) is 3.40. The minimum Gasteiger partial charge on any atom is -0.303 e. The summed E-state index contributed by atoms with van der Waals surface area (Å²) in [4.78, 5) is 11.1. The van der Waals surface area contributed by atoms with Crippen LogP contribution in [0.25, 0.3) is 0 Å². The predicted octanol–water partition coefficient (Wildman–Crippen LogP) is 3.40. The van der Waals surface area contributed by atoms with Crippen molar-refractivity contribution in [2.45, 2.75) is 45.4 Å². The second kappa shape index (κ2) is 4.99. The van der Waals surface area contributed by atoms with Crippen molar-refractivity contribution in [1.29, 1.82) is 0 Å². The Morgan fingerprint density at radius 3 is 2.92 bits per heavy atom. The smallest absolute Gasteiger partial charge is 0.126 e. The lowest BCUT2D eigenvalue weighted by molar-refractivity contribution is -0.119. The van der Waals surface area contributed by atoms with Gasteiger partial charge in [-0.3, -0.25) is 0 Å². The van der Waals surface area contributed by atoms with Gasteiger partial charge in [-0.05, 0) is 25.2 Å². The Morgan fingerprint density at radius 1 is 1.62 bits per heavy atom. The lowest BCUT2D eigenvalue weighted by atomic mass is 9.68. The molecule has 0 aliphatic heterocycles. The highest BCUT2D eigenvalue weighted by atomic mass is 35.5. The molecule has 2 heteroatoms. The summed E-state index contributed by atoms with van der Waals surface area (Å²) >= 11 is 5.74. The van der Waals surface area contributed by atoms with Crippen molar-refractivity contribution < 1.29 is 4.79 Å². The van der Waals surface area contributed by atoms with Crippen LogP contribution < -0.4 is 0 Å². The number of aldehydes is 1. The number of carbonyl (C=O) groups excluding carboxylic acids is 1. The summed E-state index contributed by atoms with van der Waals surface area (Å²) in [5.74, 6) is 1.37. The highest BCUT2D eigenvalue weighted by Gasteiger charge is 2.34. The van der Waals surface area contributed by atoms with Gasteiger partial charge >= 0.3 is 0 Å². The standard InChI is InChI=1S/C11H19ClO/c1-2-10-4-3-5-11(8-10,9-13)6-7-12/h9-10H,2-8H2,1H3. The van der Waals surface area contributed by atoms with Crippen molar-refractivity contribution in [3.63, 3.8) is 0 Å². The highest BCUT2D eigenvalue weighted by molar-refractivity contribution is 6.17. The molecule has 0 saturated heterocycles. The molecule has 0 radical (unpaired) electrons. The van der Waals surface area contributed by atoms with Crippen LogP contribution in [0.1, 0.15) is 45.4 Å². The number of rotatable bonds is 4. The number of carbonyl (C=O) groups is 1. The zero-order valence-corrected chi connectivity index (χ0v) is 9.15. The maximum atomic E-state index is 11.1. The molecule has 2 atom stereocenters. The summed E-state index contributed by atoms with van der Waals surface area (Å²) in [5, 5.41) is 0. The summed E-state index contributed by atoms with van der Waals surface area (Å²) < 4.78 is 0. The van der Waals surface area contributed by atoms with E-state index in [1.54, 1.807) is 0 Å². The van der Waals surface area contributed by atoms with Crippen LogP contribution in [-0.2, 0) is 4.79 Å². The van der Waals surface area contributed by atoms with E-state index in [-0.39, 0.29) is 5.41 Å². The van der Waals surface area contributed by atoms with Crippen molar-refractivity contribution >= 4 is 17.9 Å². The fourth-order valence-electron chi connectivity index (χ4n) is 2.45. The van der Waals surface area contributed by atoms with Crippen molar-refractivity contribution in [2.75, 3.05) is 5.88 Å². The Labute approximate surface area is 85.8 Å². The third-order valence-corrected chi connectivity index (χ3v) is 3.59. The first kappa shape index (κ1) is 11.0. The van der Waals surface area contributed by atoms with E-state index in [1.807, 2.05) is 0 Å². The van der Waals surface area contributed by atoms with E-state index >= 15 is 0 Å². The Bertz CT molecular complexity index is 165. The van der Waals surface area contributed by atoms with Gasteiger partial charge in [0.2, 0.25) is 0 Å². The number of halogens is 1. The molecule has 1 rings (SSSR count). The van der Waals surface area contributed by atoms with Gasteiger partial charge in [0.15, 0.2) is 0 Å². The zero-order chi connectivity index (χ0) is 9.73. The van der Waals surface area contributed by atoms with E-state index in [1.165, 1.54) is 19.3 Å². The van der Waals surface area contributed by atoms with Crippen LogP contribution in [0.3, 0.4) is 0 Å². The van der Waals surface area contributed by atoms with Crippen LogP contribution in [0.2, 0.25) is 0 Å². The third kappa shape index (κ3) is 2.70. The summed E-state index contributed by atoms with van der Waals surface area (Å²) in [7, 11) is 0. The molecule has 1 aliphatic rings. The van der Waals surface area contributed by atoms with Gasteiger partial charge < -0.3 is 4.79 Å². The molecule has 0 spiro atoms. The summed E-state index contributed by atoms with van der Waals surface area (Å²) in [6, 6.07) is 0. The van der Waals surface area contributed by atoms with Gasteiger partial charge in [0.1, 0.15) is 6.29 Å². The molecule has 0 aromatic carbocycles. The van der Waals surface area contributed by atoms with Crippen LogP contribution in [0, 0.1) is 11.3 Å². The highest BCUT2D eigenvalue weighted by Crippen LogP contribution is 2.41. The first-order valence-corrected chi connectivity index (χ1v) is 5.82. The molecule has 0 N–H and O–H groups in total. The van der Waals surface area contributed by atoms with E-state index < -0.39 is 0 Å². The molecular formula is C11H19ClO. The van der Waals surface area contributed by atoms with E-state index in [0.29, 0.717) is 5.88 Å². The molecule has 1 fully saturated rings. The minimum absolute atomic E-state index is 0.0688. The number of alkyl halides is 1. The van der Waals surface area contributed by atoms with Gasteiger partial charge in [-0.1, -0.05) is 26.2 Å². The molecule has 1 saturated carbocycles. The Balaban J connectivity index is 2.58. The SMILES string of the molecule is CCC1CCCC(C=O)(CCCl)C1. The predicted molar refractivity (Wildman–Crippen MR) is 56.1 cm³/mol. The van der Waals surface area contributed by atoms with Gasteiger partial charge in [-0.2, -0.15) is 0 Å². The number of hydrogen-bond donors (Lipinski definition) is 0. The van der Waals surface area contributed by atoms with E-state index in [4.69, 9.17) is 11.6 Å². The van der Waals surface area contributed by atoms with Crippen LogP contribution in [0.5, 0.6) is 0 Å². The van der Waals surface area contributed by atoms with Crippen LogP contribution in [0.4, 0.5) is 0 Å². The lowest BCUT2D eigenvalue weighted by Crippen LogP contribution is -2.30. The second-order valence-corrected chi connectivity index (χ2v) is 4.67. The molecule has 1 aliphatic carbocycles. The molecule has 0 amide bonds. The van der Waals surface area contributed by atoms with Crippen molar-refractivity contribution in [2.24, 2.45) is 11.3 Å². The molecule has 1 nitrogen and oxygen atoms in total. The fourth-order valence-corrected chi connectivity index (χ4v) is 2.83. The molecule has 0 aromatic heterocycles. The van der Waals surface area contributed by atoms with Crippen molar-refractivity contribution in [3.8, 4) is 0 Å². The molecule has 76 valence electrons.